The number of hydrogen-bond donors (Lipinski definition) is 2. The van der Waals surface area contributed by atoms with Gasteiger partial charge in [0.15, 0.2) is 0 Å². The van der Waals surface area contributed by atoms with E-state index in [4.69, 9.17) is 16.2 Å². The van der Waals surface area contributed by atoms with Gasteiger partial charge in [-0.15, -0.1) is 12.4 Å². The van der Waals surface area contributed by atoms with Crippen molar-refractivity contribution in [3.8, 4) is 5.75 Å². The molecule has 0 unspecified atom stereocenters. The van der Waals surface area contributed by atoms with Gasteiger partial charge in [0, 0.05) is 22.5 Å². The van der Waals surface area contributed by atoms with Crippen LogP contribution in [-0.2, 0) is 0 Å². The number of ether oxygens (including phenoxy) is 1. The van der Waals surface area contributed by atoms with Crippen LogP contribution in [0.15, 0.2) is 16.6 Å². The molecule has 0 spiro atoms. The Balaban J connectivity index is 0.000000980. The fourth-order valence-corrected chi connectivity index (χ4v) is 2.02. The van der Waals surface area contributed by atoms with E-state index in [9.17, 15) is 0 Å². The Morgan fingerprint density at radius 1 is 1.43 bits per heavy atom. The lowest BCUT2D eigenvalue weighted by Crippen LogP contribution is -2.21. The van der Waals surface area contributed by atoms with E-state index in [0.29, 0.717) is 12.3 Å². The standard InChI is InChI=1S/C9H11BrN2O.ClH/c10-5-3-6-7(11)1-2-13-9(6)8(12)4-5;/h3-4,7H,1-2,11-12H2;1H/t7-;/m1./s1. The molecule has 0 aliphatic carbocycles. The maximum absolute atomic E-state index is 5.93. The minimum absolute atomic E-state index is 0. The summed E-state index contributed by atoms with van der Waals surface area (Å²) >= 11 is 3.38. The van der Waals surface area contributed by atoms with Crippen molar-refractivity contribution in [3.63, 3.8) is 0 Å². The molecule has 1 aliphatic rings. The van der Waals surface area contributed by atoms with Crippen LogP contribution < -0.4 is 16.2 Å². The van der Waals surface area contributed by atoms with Gasteiger partial charge >= 0.3 is 0 Å². The molecule has 1 aromatic rings. The Morgan fingerprint density at radius 3 is 2.86 bits per heavy atom. The number of anilines is 1. The summed E-state index contributed by atoms with van der Waals surface area (Å²) in [6.07, 6.45) is 0.850. The summed E-state index contributed by atoms with van der Waals surface area (Å²) in [6.45, 7) is 0.653. The van der Waals surface area contributed by atoms with Crippen molar-refractivity contribution in [1.82, 2.24) is 0 Å². The van der Waals surface area contributed by atoms with Crippen molar-refractivity contribution in [2.75, 3.05) is 12.3 Å². The second-order valence-electron chi connectivity index (χ2n) is 3.16. The normalized spacial score (nSPS) is 19.1. The minimum atomic E-state index is 0. The predicted octanol–water partition coefficient (Wildman–Crippen LogP) is 2.24. The largest absolute Gasteiger partial charge is 0.491 e. The summed E-state index contributed by atoms with van der Waals surface area (Å²) in [7, 11) is 0. The van der Waals surface area contributed by atoms with Gasteiger partial charge in [-0.3, -0.25) is 0 Å². The van der Waals surface area contributed by atoms with Gasteiger partial charge in [0.05, 0.1) is 12.3 Å². The molecule has 78 valence electrons. The molecule has 2 rings (SSSR count). The first-order chi connectivity index (χ1) is 6.18. The van der Waals surface area contributed by atoms with Gasteiger partial charge < -0.3 is 16.2 Å². The van der Waals surface area contributed by atoms with Crippen molar-refractivity contribution in [2.45, 2.75) is 12.5 Å². The van der Waals surface area contributed by atoms with Crippen molar-refractivity contribution in [1.29, 1.82) is 0 Å². The van der Waals surface area contributed by atoms with E-state index in [-0.39, 0.29) is 18.4 Å². The maximum atomic E-state index is 5.93. The summed E-state index contributed by atoms with van der Waals surface area (Å²) in [6, 6.07) is 3.84. The van der Waals surface area contributed by atoms with Crippen LogP contribution in [0.1, 0.15) is 18.0 Å². The topological polar surface area (TPSA) is 61.3 Å². The highest BCUT2D eigenvalue weighted by Gasteiger charge is 2.20. The first-order valence-corrected chi connectivity index (χ1v) is 4.95. The summed E-state index contributed by atoms with van der Waals surface area (Å²) in [5.74, 6) is 0.752. The van der Waals surface area contributed by atoms with Crippen LogP contribution in [0, 0.1) is 0 Å². The second kappa shape index (κ2) is 4.38. The summed E-state index contributed by atoms with van der Waals surface area (Å²) in [4.78, 5) is 0. The molecule has 0 radical (unpaired) electrons. The van der Waals surface area contributed by atoms with Gasteiger partial charge in [0.25, 0.3) is 0 Å². The molecule has 4 N–H and O–H groups in total. The minimum Gasteiger partial charge on any atom is -0.491 e. The molecule has 0 amide bonds. The third-order valence-electron chi connectivity index (χ3n) is 2.19. The maximum Gasteiger partial charge on any atom is 0.147 e. The average Bonchev–Trinajstić information content (AvgIpc) is 2.07. The SMILES string of the molecule is Cl.Nc1cc(Br)cc2c1OCC[C@H]2N. The van der Waals surface area contributed by atoms with Crippen molar-refractivity contribution >= 4 is 34.0 Å². The number of rotatable bonds is 0. The average molecular weight is 280 g/mol. The number of hydrogen-bond acceptors (Lipinski definition) is 3. The molecule has 1 aromatic carbocycles. The van der Waals surface area contributed by atoms with E-state index in [2.05, 4.69) is 15.9 Å². The predicted molar refractivity (Wildman–Crippen MR) is 62.8 cm³/mol. The molecule has 0 fully saturated rings. The molecule has 0 bridgehead atoms. The number of nitrogen functional groups attached to an aromatic ring is 1. The van der Waals surface area contributed by atoms with E-state index in [1.807, 2.05) is 12.1 Å². The van der Waals surface area contributed by atoms with Gasteiger partial charge in [-0.1, -0.05) is 15.9 Å². The lowest BCUT2D eigenvalue weighted by Gasteiger charge is -2.24. The van der Waals surface area contributed by atoms with Crippen LogP contribution >= 0.6 is 28.3 Å². The van der Waals surface area contributed by atoms with Gasteiger partial charge in [-0.2, -0.15) is 0 Å². The van der Waals surface area contributed by atoms with Crippen LogP contribution in [0.4, 0.5) is 5.69 Å². The van der Waals surface area contributed by atoms with Gasteiger partial charge in [-0.25, -0.2) is 0 Å². The highest BCUT2D eigenvalue weighted by molar-refractivity contribution is 9.10. The Hall–Kier alpha value is -0.450. The molecular weight excluding hydrogens is 267 g/mol. The Kier molecular flexibility index (Phi) is 3.64. The lowest BCUT2D eigenvalue weighted by atomic mass is 10.0. The molecule has 3 nitrogen and oxygen atoms in total. The smallest absolute Gasteiger partial charge is 0.147 e. The first kappa shape index (κ1) is 11.6. The molecule has 5 heteroatoms. The third kappa shape index (κ3) is 1.97. The van der Waals surface area contributed by atoms with E-state index >= 15 is 0 Å². The Labute approximate surface area is 97.3 Å². The summed E-state index contributed by atoms with van der Waals surface area (Å²) < 4.78 is 6.40. The first-order valence-electron chi connectivity index (χ1n) is 4.16. The van der Waals surface area contributed by atoms with Gasteiger partial charge in [0.1, 0.15) is 5.75 Å². The van der Waals surface area contributed by atoms with E-state index in [0.717, 1.165) is 22.2 Å². The van der Waals surface area contributed by atoms with Crippen LogP contribution in [0.25, 0.3) is 0 Å². The van der Waals surface area contributed by atoms with Gasteiger partial charge in [0.2, 0.25) is 0 Å². The molecule has 1 atom stereocenters. The lowest BCUT2D eigenvalue weighted by molar-refractivity contribution is 0.270. The highest BCUT2D eigenvalue weighted by atomic mass is 79.9. The second-order valence-corrected chi connectivity index (χ2v) is 4.07. The van der Waals surface area contributed by atoms with Crippen LogP contribution in [0.2, 0.25) is 0 Å². The fraction of sp³-hybridized carbons (Fsp3) is 0.333. The monoisotopic (exact) mass is 278 g/mol. The molecular formula is C9H12BrClN2O. The molecule has 1 aliphatic heterocycles. The van der Waals surface area contributed by atoms with Gasteiger partial charge in [-0.05, 0) is 12.1 Å². The summed E-state index contributed by atoms with van der Waals surface area (Å²) in [5.41, 5.74) is 13.4. The molecule has 0 saturated carbocycles. The van der Waals surface area contributed by atoms with Crippen molar-refractivity contribution in [3.05, 3.63) is 22.2 Å². The number of benzene rings is 1. The van der Waals surface area contributed by atoms with E-state index in [1.54, 1.807) is 0 Å². The zero-order valence-corrected chi connectivity index (χ0v) is 9.90. The van der Waals surface area contributed by atoms with Crippen molar-refractivity contribution < 1.29 is 4.74 Å². The quantitative estimate of drug-likeness (QED) is 0.716. The number of halogens is 2. The molecule has 1 heterocycles. The fourth-order valence-electron chi connectivity index (χ4n) is 1.52. The number of nitrogens with two attached hydrogens (primary N) is 2. The molecule has 0 saturated heterocycles. The molecule has 0 aromatic heterocycles. The zero-order chi connectivity index (χ0) is 9.42. The van der Waals surface area contributed by atoms with Crippen LogP contribution in [-0.4, -0.2) is 6.61 Å². The molecule has 14 heavy (non-hydrogen) atoms. The Morgan fingerprint density at radius 2 is 2.14 bits per heavy atom. The van der Waals surface area contributed by atoms with Crippen LogP contribution in [0.5, 0.6) is 5.75 Å². The Bertz CT molecular complexity index is 346. The zero-order valence-electron chi connectivity index (χ0n) is 7.50. The van der Waals surface area contributed by atoms with Crippen molar-refractivity contribution in [2.24, 2.45) is 5.73 Å². The number of fused-ring (bicyclic) bond motifs is 1. The van der Waals surface area contributed by atoms with Crippen LogP contribution in [0.3, 0.4) is 0 Å². The van der Waals surface area contributed by atoms with E-state index in [1.165, 1.54) is 0 Å². The highest BCUT2D eigenvalue weighted by Crippen LogP contribution is 2.37. The third-order valence-corrected chi connectivity index (χ3v) is 2.64. The summed E-state index contributed by atoms with van der Waals surface area (Å²) in [5, 5.41) is 0. The van der Waals surface area contributed by atoms with E-state index < -0.39 is 0 Å².